The molecule has 0 unspecified atom stereocenters. The van der Waals surface area contributed by atoms with Crippen molar-refractivity contribution < 1.29 is 4.79 Å². The van der Waals surface area contributed by atoms with Crippen LogP contribution in [-0.4, -0.2) is 33.2 Å². The number of hydrogen-bond donors (Lipinski definition) is 2. The summed E-state index contributed by atoms with van der Waals surface area (Å²) in [5.74, 6) is 1.31. The maximum Gasteiger partial charge on any atom is 0.222 e. The highest BCUT2D eigenvalue weighted by Gasteiger charge is 2.37. The van der Waals surface area contributed by atoms with Gasteiger partial charge in [-0.25, -0.2) is 0 Å². The Labute approximate surface area is 164 Å². The summed E-state index contributed by atoms with van der Waals surface area (Å²) in [4.78, 5) is 14.1. The number of aromatic nitrogens is 2. The van der Waals surface area contributed by atoms with Gasteiger partial charge < -0.3 is 16.4 Å². The molecule has 5 rings (SSSR count). The smallest absolute Gasteiger partial charge is 0.222 e. The molecule has 1 amide bonds. The van der Waals surface area contributed by atoms with Crippen LogP contribution in [0.2, 0.25) is 0 Å². The van der Waals surface area contributed by atoms with Crippen LogP contribution in [0.1, 0.15) is 37.2 Å². The van der Waals surface area contributed by atoms with Gasteiger partial charge in [-0.15, -0.1) is 0 Å². The lowest BCUT2D eigenvalue weighted by atomic mass is 9.83. The molecular weight excluding hydrogens is 350 g/mol. The van der Waals surface area contributed by atoms with Crippen molar-refractivity contribution in [3.05, 3.63) is 42.0 Å². The molecule has 2 atom stereocenters. The summed E-state index contributed by atoms with van der Waals surface area (Å²) >= 11 is 0. The van der Waals surface area contributed by atoms with Crippen molar-refractivity contribution in [3.8, 4) is 11.1 Å². The number of nitrogens with zero attached hydrogens (tertiary/aromatic N) is 3. The average molecular weight is 375 g/mol. The standard InChI is InChI=1S/C22H25N5O/c1-26-19-12-15(14-8-9-27-17(10-14)6-7-20(27)28)11-18(21(19)22(24)25-26)13-2-4-16(23)5-3-13/h2-5,11-12,14,17H,6-10,23H2,1H3,(H2,24,25)/t14-,17-/m1/s1. The van der Waals surface area contributed by atoms with Crippen molar-refractivity contribution in [2.24, 2.45) is 7.05 Å². The minimum Gasteiger partial charge on any atom is -0.399 e. The zero-order valence-corrected chi connectivity index (χ0v) is 16.1. The van der Waals surface area contributed by atoms with E-state index in [9.17, 15) is 4.79 Å². The van der Waals surface area contributed by atoms with Crippen molar-refractivity contribution in [2.45, 2.75) is 37.6 Å². The van der Waals surface area contributed by atoms with Gasteiger partial charge in [0.15, 0.2) is 5.82 Å². The number of fused-ring (bicyclic) bond motifs is 2. The van der Waals surface area contributed by atoms with E-state index in [1.165, 1.54) is 5.56 Å². The first-order chi connectivity index (χ1) is 13.5. The minimum atomic E-state index is 0.320. The first kappa shape index (κ1) is 17.1. The molecule has 2 fully saturated rings. The lowest BCUT2D eigenvalue weighted by Crippen LogP contribution is -2.39. The van der Waals surface area contributed by atoms with Crippen LogP contribution in [0.15, 0.2) is 36.4 Å². The molecule has 3 heterocycles. The number of amides is 1. The van der Waals surface area contributed by atoms with Gasteiger partial charge in [-0.3, -0.25) is 9.48 Å². The Morgan fingerprint density at radius 3 is 2.68 bits per heavy atom. The highest BCUT2D eigenvalue weighted by Crippen LogP contribution is 2.41. The van der Waals surface area contributed by atoms with E-state index < -0.39 is 0 Å². The van der Waals surface area contributed by atoms with E-state index in [1.807, 2.05) is 36.0 Å². The monoisotopic (exact) mass is 375 g/mol. The van der Waals surface area contributed by atoms with Crippen molar-refractivity contribution in [1.29, 1.82) is 0 Å². The highest BCUT2D eigenvalue weighted by atomic mass is 16.2. The van der Waals surface area contributed by atoms with Crippen LogP contribution in [-0.2, 0) is 11.8 Å². The summed E-state index contributed by atoms with van der Waals surface area (Å²) in [5, 5.41) is 5.45. The van der Waals surface area contributed by atoms with E-state index >= 15 is 0 Å². The number of rotatable bonds is 2. The molecule has 0 spiro atoms. The van der Waals surface area contributed by atoms with Gasteiger partial charge in [0.25, 0.3) is 0 Å². The van der Waals surface area contributed by atoms with Crippen LogP contribution < -0.4 is 11.5 Å². The third-order valence-corrected chi connectivity index (χ3v) is 6.42. The molecule has 2 aliphatic heterocycles. The molecule has 2 saturated heterocycles. The Balaban J connectivity index is 1.61. The van der Waals surface area contributed by atoms with Gasteiger partial charge in [0.2, 0.25) is 5.91 Å². The van der Waals surface area contributed by atoms with E-state index in [1.54, 1.807) is 0 Å². The molecule has 2 aromatic carbocycles. The van der Waals surface area contributed by atoms with E-state index in [4.69, 9.17) is 11.5 Å². The number of hydrogen-bond acceptors (Lipinski definition) is 4. The summed E-state index contributed by atoms with van der Waals surface area (Å²) in [7, 11) is 1.94. The largest absolute Gasteiger partial charge is 0.399 e. The molecule has 144 valence electrons. The molecule has 4 N–H and O–H groups in total. The molecule has 3 aromatic rings. The van der Waals surface area contributed by atoms with Gasteiger partial charge in [-0.1, -0.05) is 12.1 Å². The van der Waals surface area contributed by atoms with Crippen molar-refractivity contribution >= 4 is 28.3 Å². The molecule has 6 nitrogen and oxygen atoms in total. The molecule has 2 aliphatic rings. The summed E-state index contributed by atoms with van der Waals surface area (Å²) in [6.45, 7) is 0.858. The Morgan fingerprint density at radius 1 is 1.11 bits per heavy atom. The minimum absolute atomic E-state index is 0.320. The summed E-state index contributed by atoms with van der Waals surface area (Å²) in [6, 6.07) is 12.8. The predicted octanol–water partition coefficient (Wildman–Crippen LogP) is 3.27. The number of benzene rings is 2. The van der Waals surface area contributed by atoms with Gasteiger partial charge in [0, 0.05) is 31.7 Å². The zero-order valence-electron chi connectivity index (χ0n) is 16.1. The van der Waals surface area contributed by atoms with Crippen LogP contribution in [0.4, 0.5) is 11.5 Å². The second-order valence-corrected chi connectivity index (χ2v) is 8.09. The summed E-state index contributed by atoms with van der Waals surface area (Å²) < 4.78 is 1.86. The molecular formula is C22H25N5O. The molecule has 0 aliphatic carbocycles. The molecule has 6 heteroatoms. The fraction of sp³-hybridized carbons (Fsp3) is 0.364. The third-order valence-electron chi connectivity index (χ3n) is 6.42. The summed E-state index contributed by atoms with van der Waals surface area (Å²) in [5.41, 5.74) is 17.4. The Hall–Kier alpha value is -3.02. The Kier molecular flexibility index (Phi) is 3.82. The van der Waals surface area contributed by atoms with E-state index in [2.05, 4.69) is 22.1 Å². The quantitative estimate of drug-likeness (QED) is 0.673. The maximum absolute atomic E-state index is 12.0. The number of nitrogen functional groups attached to an aromatic ring is 2. The van der Waals surface area contributed by atoms with Crippen LogP contribution in [0, 0.1) is 0 Å². The highest BCUT2D eigenvalue weighted by molar-refractivity contribution is 6.02. The van der Waals surface area contributed by atoms with Gasteiger partial charge in [0.05, 0.1) is 10.9 Å². The lowest BCUT2D eigenvalue weighted by molar-refractivity contribution is -0.129. The topological polar surface area (TPSA) is 90.2 Å². The maximum atomic E-state index is 12.0. The second kappa shape index (κ2) is 6.26. The number of nitrogens with two attached hydrogens (primary N) is 2. The Bertz CT molecular complexity index is 1070. The van der Waals surface area contributed by atoms with Gasteiger partial charge in [-0.05, 0) is 66.1 Å². The lowest BCUT2D eigenvalue weighted by Gasteiger charge is -2.35. The first-order valence-corrected chi connectivity index (χ1v) is 9.93. The fourth-order valence-corrected chi connectivity index (χ4v) is 4.95. The number of anilines is 2. The molecule has 1 aromatic heterocycles. The first-order valence-electron chi connectivity index (χ1n) is 9.93. The van der Waals surface area contributed by atoms with Crippen LogP contribution in [0.25, 0.3) is 22.0 Å². The molecule has 0 saturated carbocycles. The van der Waals surface area contributed by atoms with E-state index in [-0.39, 0.29) is 0 Å². The SMILES string of the molecule is Cn1nc(N)c2c(-c3ccc(N)cc3)cc([C@@H]3CCN4C(=O)CC[C@@H]4C3)cc21. The molecule has 0 radical (unpaired) electrons. The van der Waals surface area contributed by atoms with E-state index in [0.29, 0.717) is 30.1 Å². The molecule has 28 heavy (non-hydrogen) atoms. The van der Waals surface area contributed by atoms with Crippen molar-refractivity contribution in [3.63, 3.8) is 0 Å². The van der Waals surface area contributed by atoms with Crippen LogP contribution >= 0.6 is 0 Å². The third kappa shape index (κ3) is 2.63. The molecule has 0 bridgehead atoms. The Morgan fingerprint density at radius 2 is 1.89 bits per heavy atom. The number of carbonyl (C=O) groups is 1. The zero-order chi connectivity index (χ0) is 19.4. The fourth-order valence-electron chi connectivity index (χ4n) is 4.95. The predicted molar refractivity (Wildman–Crippen MR) is 112 cm³/mol. The van der Waals surface area contributed by atoms with Gasteiger partial charge in [0.1, 0.15) is 0 Å². The second-order valence-electron chi connectivity index (χ2n) is 8.09. The average Bonchev–Trinajstić information content (AvgIpc) is 3.21. The van der Waals surface area contributed by atoms with Gasteiger partial charge >= 0.3 is 0 Å². The summed E-state index contributed by atoms with van der Waals surface area (Å²) in [6.07, 6.45) is 3.72. The van der Waals surface area contributed by atoms with Crippen molar-refractivity contribution in [1.82, 2.24) is 14.7 Å². The van der Waals surface area contributed by atoms with Crippen LogP contribution in [0.5, 0.6) is 0 Å². The number of carbonyl (C=O) groups excluding carboxylic acids is 1. The number of piperidine rings is 1. The van der Waals surface area contributed by atoms with Gasteiger partial charge in [-0.2, -0.15) is 5.10 Å². The normalized spacial score (nSPS) is 22.0. The van der Waals surface area contributed by atoms with Crippen LogP contribution in [0.3, 0.4) is 0 Å². The van der Waals surface area contributed by atoms with E-state index in [0.717, 1.165) is 53.5 Å². The number of aryl methyl sites for hydroxylation is 1. The van der Waals surface area contributed by atoms with Crippen molar-refractivity contribution in [2.75, 3.05) is 18.0 Å².